The van der Waals surface area contributed by atoms with Crippen LogP contribution in [0.4, 0.5) is 0 Å². The number of halogens is 1. The van der Waals surface area contributed by atoms with Crippen LogP contribution >= 0.6 is 15.9 Å². The van der Waals surface area contributed by atoms with E-state index in [-0.39, 0.29) is 17.1 Å². The number of phenols is 2. The lowest BCUT2D eigenvalue weighted by molar-refractivity contribution is 0.0735. The number of aromatic nitrogens is 1. The van der Waals surface area contributed by atoms with Crippen molar-refractivity contribution in [3.05, 3.63) is 58.7 Å². The zero-order valence-electron chi connectivity index (χ0n) is 11.6. The Morgan fingerprint density at radius 1 is 1.09 bits per heavy atom. The fourth-order valence-corrected chi connectivity index (χ4v) is 2.31. The molecule has 0 aliphatic carbocycles. The molecule has 2 aromatic carbocycles. The van der Waals surface area contributed by atoms with Crippen LogP contribution in [-0.2, 0) is 0 Å². The summed E-state index contributed by atoms with van der Waals surface area (Å²) in [7, 11) is 0. The van der Waals surface area contributed by atoms with Gasteiger partial charge in [-0.15, -0.1) is 0 Å². The van der Waals surface area contributed by atoms with E-state index in [0.717, 1.165) is 10.5 Å². The van der Waals surface area contributed by atoms with Gasteiger partial charge < -0.3 is 19.5 Å². The fraction of sp³-hybridized carbons (Fsp3) is 0. The van der Waals surface area contributed by atoms with Crippen LogP contribution in [0.3, 0.4) is 0 Å². The summed E-state index contributed by atoms with van der Waals surface area (Å²) in [4.78, 5) is 12.2. The summed E-state index contributed by atoms with van der Waals surface area (Å²) in [5.74, 6) is -0.660. The van der Waals surface area contributed by atoms with Gasteiger partial charge in [0.05, 0.1) is 17.3 Å². The highest BCUT2D eigenvalue weighted by molar-refractivity contribution is 9.10. The fourth-order valence-electron chi connectivity index (χ4n) is 1.95. The highest BCUT2D eigenvalue weighted by atomic mass is 79.9. The van der Waals surface area contributed by atoms with Gasteiger partial charge in [-0.05, 0) is 36.4 Å². The summed E-state index contributed by atoms with van der Waals surface area (Å²) in [5, 5.41) is 22.4. The molecule has 1 aromatic heterocycles. The maximum absolute atomic E-state index is 12.2. The second-order valence-electron chi connectivity index (χ2n) is 4.61. The minimum atomic E-state index is -0.677. The first kappa shape index (κ1) is 15.1. The molecule has 1 heterocycles. The largest absolute Gasteiger partial charge is 0.504 e. The second-order valence-corrected chi connectivity index (χ2v) is 5.53. The highest BCUT2D eigenvalue weighted by Gasteiger charge is 2.16. The van der Waals surface area contributed by atoms with Crippen molar-refractivity contribution in [2.45, 2.75) is 0 Å². The standard InChI is InChI=1S/C16H10BrNO5/c17-10-2-4-14(11(8-10)15-5-6-18-23-15)22-16(21)9-1-3-12(19)13(20)7-9/h1-8,19-20H. The Labute approximate surface area is 139 Å². The third-order valence-corrected chi connectivity index (χ3v) is 3.55. The van der Waals surface area contributed by atoms with E-state index in [1.54, 1.807) is 24.3 Å². The van der Waals surface area contributed by atoms with Crippen LogP contribution in [0.15, 0.2) is 57.7 Å². The Morgan fingerprint density at radius 3 is 2.61 bits per heavy atom. The molecule has 0 bridgehead atoms. The van der Waals surface area contributed by atoms with Gasteiger partial charge in [-0.1, -0.05) is 21.1 Å². The Balaban J connectivity index is 1.93. The number of benzene rings is 2. The van der Waals surface area contributed by atoms with Gasteiger partial charge >= 0.3 is 5.97 Å². The molecule has 0 unspecified atom stereocenters. The van der Waals surface area contributed by atoms with Crippen molar-refractivity contribution in [3.8, 4) is 28.6 Å². The number of esters is 1. The van der Waals surface area contributed by atoms with E-state index in [1.165, 1.54) is 18.3 Å². The molecule has 7 heteroatoms. The molecular formula is C16H10BrNO5. The average molecular weight is 376 g/mol. The lowest BCUT2D eigenvalue weighted by Crippen LogP contribution is -2.09. The van der Waals surface area contributed by atoms with E-state index in [2.05, 4.69) is 21.1 Å². The minimum Gasteiger partial charge on any atom is -0.504 e. The molecule has 23 heavy (non-hydrogen) atoms. The van der Waals surface area contributed by atoms with Gasteiger partial charge in [0.1, 0.15) is 5.75 Å². The Bertz CT molecular complexity index is 861. The second kappa shape index (κ2) is 6.13. The Kier molecular flexibility index (Phi) is 4.03. The van der Waals surface area contributed by atoms with Gasteiger partial charge in [-0.2, -0.15) is 0 Å². The van der Waals surface area contributed by atoms with E-state index in [1.807, 2.05) is 0 Å². The Morgan fingerprint density at radius 2 is 1.91 bits per heavy atom. The van der Waals surface area contributed by atoms with E-state index in [4.69, 9.17) is 9.26 Å². The Hall–Kier alpha value is -2.80. The summed E-state index contributed by atoms with van der Waals surface area (Å²) in [6.07, 6.45) is 1.49. The molecule has 0 spiro atoms. The molecule has 3 aromatic rings. The molecule has 6 nitrogen and oxygen atoms in total. The summed E-state index contributed by atoms with van der Waals surface area (Å²) >= 11 is 3.35. The van der Waals surface area contributed by atoms with Gasteiger partial charge in [-0.25, -0.2) is 4.79 Å². The van der Waals surface area contributed by atoms with E-state index in [0.29, 0.717) is 11.3 Å². The minimum absolute atomic E-state index is 0.103. The molecule has 0 saturated heterocycles. The lowest BCUT2D eigenvalue weighted by Gasteiger charge is -2.09. The van der Waals surface area contributed by atoms with Gasteiger partial charge in [0.25, 0.3) is 0 Å². The van der Waals surface area contributed by atoms with Crippen LogP contribution < -0.4 is 4.74 Å². The zero-order valence-corrected chi connectivity index (χ0v) is 13.1. The highest BCUT2D eigenvalue weighted by Crippen LogP contribution is 2.33. The predicted molar refractivity (Wildman–Crippen MR) is 84.4 cm³/mol. The van der Waals surface area contributed by atoms with Crippen molar-refractivity contribution in [2.75, 3.05) is 0 Å². The van der Waals surface area contributed by atoms with Crippen LogP contribution in [0.25, 0.3) is 11.3 Å². The van der Waals surface area contributed by atoms with Crippen LogP contribution in [0, 0.1) is 0 Å². The number of ether oxygens (including phenoxy) is 1. The predicted octanol–water partition coefficient (Wildman–Crippen LogP) is 3.73. The van der Waals surface area contributed by atoms with Crippen molar-refractivity contribution >= 4 is 21.9 Å². The van der Waals surface area contributed by atoms with Crippen LogP contribution in [0.2, 0.25) is 0 Å². The lowest BCUT2D eigenvalue weighted by atomic mass is 10.1. The normalized spacial score (nSPS) is 10.5. The molecule has 0 atom stereocenters. The van der Waals surface area contributed by atoms with Crippen molar-refractivity contribution in [3.63, 3.8) is 0 Å². The maximum Gasteiger partial charge on any atom is 0.343 e. The molecule has 3 rings (SSSR count). The van der Waals surface area contributed by atoms with Crippen molar-refractivity contribution in [1.29, 1.82) is 0 Å². The molecule has 0 radical (unpaired) electrons. The molecule has 0 saturated carbocycles. The van der Waals surface area contributed by atoms with Gasteiger partial charge in [-0.3, -0.25) is 0 Å². The molecular weight excluding hydrogens is 366 g/mol. The molecule has 0 amide bonds. The molecule has 2 N–H and O–H groups in total. The van der Waals surface area contributed by atoms with Crippen molar-refractivity contribution in [1.82, 2.24) is 5.16 Å². The van der Waals surface area contributed by atoms with Gasteiger partial charge in [0, 0.05) is 10.5 Å². The van der Waals surface area contributed by atoms with Crippen LogP contribution in [0.5, 0.6) is 17.2 Å². The van der Waals surface area contributed by atoms with Crippen molar-refractivity contribution in [2.24, 2.45) is 0 Å². The summed E-state index contributed by atoms with van der Waals surface area (Å²) < 4.78 is 11.3. The summed E-state index contributed by atoms with van der Waals surface area (Å²) in [6.45, 7) is 0. The smallest absolute Gasteiger partial charge is 0.343 e. The van der Waals surface area contributed by atoms with Crippen LogP contribution in [-0.4, -0.2) is 21.3 Å². The number of aromatic hydroxyl groups is 2. The third-order valence-electron chi connectivity index (χ3n) is 3.06. The SMILES string of the molecule is O=C(Oc1ccc(Br)cc1-c1ccno1)c1ccc(O)c(O)c1. The van der Waals surface area contributed by atoms with E-state index in [9.17, 15) is 15.0 Å². The number of carbonyl (C=O) groups excluding carboxylic acids is 1. The van der Waals surface area contributed by atoms with Crippen LogP contribution in [0.1, 0.15) is 10.4 Å². The monoisotopic (exact) mass is 375 g/mol. The zero-order chi connectivity index (χ0) is 16.4. The van der Waals surface area contributed by atoms with Gasteiger partial charge in [0.15, 0.2) is 17.3 Å². The molecule has 116 valence electrons. The van der Waals surface area contributed by atoms with Crippen molar-refractivity contribution < 1.29 is 24.3 Å². The van der Waals surface area contributed by atoms with E-state index >= 15 is 0 Å². The first-order chi connectivity index (χ1) is 11.0. The molecule has 0 fully saturated rings. The number of nitrogens with zero attached hydrogens (tertiary/aromatic N) is 1. The first-order valence-corrected chi connectivity index (χ1v) is 7.28. The number of carbonyl (C=O) groups is 1. The number of rotatable bonds is 3. The van der Waals surface area contributed by atoms with Gasteiger partial charge in [0.2, 0.25) is 0 Å². The summed E-state index contributed by atoms with van der Waals surface area (Å²) in [5.41, 5.74) is 0.653. The quantitative estimate of drug-likeness (QED) is 0.411. The topological polar surface area (TPSA) is 92.8 Å². The maximum atomic E-state index is 12.2. The van der Waals surface area contributed by atoms with E-state index < -0.39 is 11.7 Å². The number of hydrogen-bond acceptors (Lipinski definition) is 6. The number of phenolic OH excluding ortho intramolecular Hbond substituents is 2. The summed E-state index contributed by atoms with van der Waals surface area (Å²) in [6, 6.07) is 10.4. The third kappa shape index (κ3) is 3.19. The number of hydrogen-bond donors (Lipinski definition) is 2. The molecule has 0 aliphatic heterocycles. The average Bonchev–Trinajstić information content (AvgIpc) is 3.06. The first-order valence-electron chi connectivity index (χ1n) is 6.49. The molecule has 0 aliphatic rings.